The molecule has 0 aliphatic carbocycles. The predicted molar refractivity (Wildman–Crippen MR) is 142 cm³/mol. The number of carbonyl (C=O) groups is 3. The van der Waals surface area contributed by atoms with Crippen molar-refractivity contribution in [2.75, 3.05) is 18.5 Å². The van der Waals surface area contributed by atoms with Crippen LogP contribution in [0.3, 0.4) is 0 Å². The lowest BCUT2D eigenvalue weighted by Gasteiger charge is -2.39. The number of nitrogens with one attached hydrogen (secondary N) is 2. The summed E-state index contributed by atoms with van der Waals surface area (Å²) in [6, 6.07) is 4.30. The van der Waals surface area contributed by atoms with Crippen molar-refractivity contribution in [1.82, 2.24) is 10.2 Å². The number of aliphatic hydroxyl groups is 1. The first-order valence-electron chi connectivity index (χ1n) is 13.8. The molecule has 1 spiro atoms. The van der Waals surface area contributed by atoms with Crippen molar-refractivity contribution in [2.45, 2.75) is 91.0 Å². The molecule has 2 bridgehead atoms. The van der Waals surface area contributed by atoms with Crippen LogP contribution in [0.15, 0.2) is 18.2 Å². The standard InChI is InChI=1S/C29H43N3O5/c1-8-13-30-25(34)21-22-27(36)32(20(15-33)16(3)9-2)24(29(22)14-19(6)28(21,7)37-29)26(35)31-23-17(4)11-10-12-18(23)5/h10-12,16,19-22,24,33H,8-9,13-15H2,1-7H3,(H,30,34)(H,31,35)/t16-,19?,20-,21+,22-,24?,28-,29?/m0/s1. The Labute approximate surface area is 220 Å². The van der Waals surface area contributed by atoms with E-state index in [-0.39, 0.29) is 36.2 Å². The number of anilines is 1. The van der Waals surface area contributed by atoms with E-state index in [0.717, 1.165) is 24.0 Å². The SMILES string of the molecule is CCCNC(=O)[C@H]1[C@H]2C(=O)N([C@@H](CO)[C@@H](C)CC)C(C(=O)Nc3c(C)cccc3C)C23CC(C)[C@]1(C)O3. The summed E-state index contributed by atoms with van der Waals surface area (Å²) in [6.45, 7) is 14.0. The van der Waals surface area contributed by atoms with Gasteiger partial charge in [0.25, 0.3) is 0 Å². The second kappa shape index (κ2) is 10.0. The van der Waals surface area contributed by atoms with Gasteiger partial charge >= 0.3 is 0 Å². The number of hydrogen-bond acceptors (Lipinski definition) is 5. The van der Waals surface area contributed by atoms with Crippen LogP contribution in [0, 0.1) is 37.5 Å². The lowest BCUT2D eigenvalue weighted by molar-refractivity contribution is -0.150. The molecule has 8 atom stereocenters. The third-order valence-corrected chi connectivity index (χ3v) is 9.41. The first-order valence-corrected chi connectivity index (χ1v) is 13.8. The van der Waals surface area contributed by atoms with Crippen LogP contribution in [0.25, 0.3) is 0 Å². The van der Waals surface area contributed by atoms with Gasteiger partial charge in [-0.1, -0.05) is 52.3 Å². The van der Waals surface area contributed by atoms with E-state index in [9.17, 15) is 19.5 Å². The molecule has 8 nitrogen and oxygen atoms in total. The minimum atomic E-state index is -1.14. The summed E-state index contributed by atoms with van der Waals surface area (Å²) in [7, 11) is 0. The van der Waals surface area contributed by atoms with E-state index in [1.54, 1.807) is 4.90 Å². The average molecular weight is 514 g/mol. The molecular formula is C29H43N3O5. The summed E-state index contributed by atoms with van der Waals surface area (Å²) in [4.78, 5) is 43.6. The monoisotopic (exact) mass is 513 g/mol. The third kappa shape index (κ3) is 4.07. The van der Waals surface area contributed by atoms with Crippen molar-refractivity contribution >= 4 is 23.4 Å². The second-order valence-electron chi connectivity index (χ2n) is 11.6. The van der Waals surface area contributed by atoms with Gasteiger partial charge in [0.1, 0.15) is 11.6 Å². The molecule has 3 aliphatic rings. The number of benzene rings is 1. The molecule has 1 aromatic rings. The van der Waals surface area contributed by atoms with E-state index in [0.29, 0.717) is 18.7 Å². The maximum absolute atomic E-state index is 14.3. The van der Waals surface area contributed by atoms with Crippen LogP contribution >= 0.6 is 0 Å². The van der Waals surface area contributed by atoms with Crippen LogP contribution < -0.4 is 10.6 Å². The van der Waals surface area contributed by atoms with E-state index < -0.39 is 35.1 Å². The number of hydrogen-bond donors (Lipinski definition) is 3. The number of aliphatic hydroxyl groups excluding tert-OH is 1. The molecule has 8 heteroatoms. The topological polar surface area (TPSA) is 108 Å². The molecule has 3 aliphatic heterocycles. The lowest BCUT2D eigenvalue weighted by Crippen LogP contribution is -2.57. The van der Waals surface area contributed by atoms with Crippen molar-refractivity contribution in [2.24, 2.45) is 23.7 Å². The molecule has 3 heterocycles. The molecule has 3 amide bonds. The summed E-state index contributed by atoms with van der Waals surface area (Å²) >= 11 is 0. The fourth-order valence-corrected chi connectivity index (χ4v) is 7.11. The molecular weight excluding hydrogens is 470 g/mol. The van der Waals surface area contributed by atoms with Gasteiger partial charge in [0.15, 0.2) is 0 Å². The number of nitrogens with zero attached hydrogens (tertiary/aromatic N) is 1. The Hall–Kier alpha value is -2.45. The number of rotatable bonds is 9. The minimum Gasteiger partial charge on any atom is -0.394 e. The van der Waals surface area contributed by atoms with E-state index in [1.807, 2.05) is 66.7 Å². The smallest absolute Gasteiger partial charge is 0.250 e. The van der Waals surface area contributed by atoms with Crippen LogP contribution in [0.1, 0.15) is 65.0 Å². The van der Waals surface area contributed by atoms with Crippen LogP contribution in [-0.4, -0.2) is 64.2 Å². The van der Waals surface area contributed by atoms with Gasteiger partial charge in [-0.2, -0.15) is 0 Å². The summed E-state index contributed by atoms with van der Waals surface area (Å²) in [5, 5.41) is 16.6. The first kappa shape index (κ1) is 27.6. The number of fused-ring (bicyclic) bond motifs is 1. The zero-order valence-electron chi connectivity index (χ0n) is 23.3. The number of ether oxygens (including phenoxy) is 1. The van der Waals surface area contributed by atoms with Crippen LogP contribution in [0.5, 0.6) is 0 Å². The van der Waals surface area contributed by atoms with Crippen LogP contribution in [0.2, 0.25) is 0 Å². The molecule has 1 aromatic carbocycles. The molecule has 3 saturated heterocycles. The Bertz CT molecular complexity index is 1060. The fourth-order valence-electron chi connectivity index (χ4n) is 7.11. The molecule has 3 fully saturated rings. The Morgan fingerprint density at radius 1 is 1.22 bits per heavy atom. The Balaban J connectivity index is 1.84. The van der Waals surface area contributed by atoms with Crippen LogP contribution in [0.4, 0.5) is 5.69 Å². The van der Waals surface area contributed by atoms with Gasteiger partial charge in [-0.05, 0) is 56.6 Å². The van der Waals surface area contributed by atoms with Gasteiger partial charge in [0, 0.05) is 12.2 Å². The van der Waals surface area contributed by atoms with Gasteiger partial charge in [0.2, 0.25) is 17.7 Å². The van der Waals surface area contributed by atoms with Crippen LogP contribution in [-0.2, 0) is 19.1 Å². The van der Waals surface area contributed by atoms with Crippen molar-refractivity contribution in [3.05, 3.63) is 29.3 Å². The molecule has 3 N–H and O–H groups in total. The van der Waals surface area contributed by atoms with Crippen molar-refractivity contribution in [3.63, 3.8) is 0 Å². The van der Waals surface area contributed by atoms with Crippen molar-refractivity contribution in [1.29, 1.82) is 0 Å². The average Bonchev–Trinajstić information content (AvgIpc) is 3.37. The van der Waals surface area contributed by atoms with Gasteiger partial charge in [-0.25, -0.2) is 0 Å². The molecule has 204 valence electrons. The summed E-state index contributed by atoms with van der Waals surface area (Å²) in [5.74, 6) is -2.35. The second-order valence-corrected chi connectivity index (χ2v) is 11.6. The van der Waals surface area contributed by atoms with Gasteiger partial charge in [0.05, 0.1) is 30.1 Å². The summed E-state index contributed by atoms with van der Waals surface area (Å²) in [6.07, 6.45) is 2.01. The predicted octanol–water partition coefficient (Wildman–Crippen LogP) is 3.19. The normalized spacial score (nSPS) is 33.8. The van der Waals surface area contributed by atoms with E-state index in [4.69, 9.17) is 4.74 Å². The molecule has 0 radical (unpaired) electrons. The molecule has 37 heavy (non-hydrogen) atoms. The van der Waals surface area contributed by atoms with Gasteiger partial charge in [-0.3, -0.25) is 14.4 Å². The van der Waals surface area contributed by atoms with E-state index in [1.165, 1.54) is 0 Å². The number of likely N-dealkylation sites (tertiary alicyclic amines) is 1. The quantitative estimate of drug-likeness (QED) is 0.470. The highest BCUT2D eigenvalue weighted by Crippen LogP contribution is 2.65. The van der Waals surface area contributed by atoms with Gasteiger partial charge < -0.3 is 25.4 Å². The number of amides is 3. The number of carbonyl (C=O) groups excluding carboxylic acids is 3. The maximum Gasteiger partial charge on any atom is 0.250 e. The molecule has 3 unspecified atom stereocenters. The Kier molecular flexibility index (Phi) is 7.47. The van der Waals surface area contributed by atoms with Crippen molar-refractivity contribution in [3.8, 4) is 0 Å². The Morgan fingerprint density at radius 2 is 1.86 bits per heavy atom. The zero-order chi connectivity index (χ0) is 27.3. The summed E-state index contributed by atoms with van der Waals surface area (Å²) < 4.78 is 6.77. The first-order chi connectivity index (χ1) is 17.5. The zero-order valence-corrected chi connectivity index (χ0v) is 23.3. The van der Waals surface area contributed by atoms with Gasteiger partial charge in [-0.15, -0.1) is 0 Å². The summed E-state index contributed by atoms with van der Waals surface area (Å²) in [5.41, 5.74) is 0.571. The van der Waals surface area contributed by atoms with E-state index in [2.05, 4.69) is 10.6 Å². The number of aryl methyl sites for hydroxylation is 2. The highest BCUT2D eigenvalue weighted by molar-refractivity contribution is 6.04. The minimum absolute atomic E-state index is 0.0273. The largest absolute Gasteiger partial charge is 0.394 e. The lowest BCUT2D eigenvalue weighted by atomic mass is 9.62. The highest BCUT2D eigenvalue weighted by Gasteiger charge is 2.80. The third-order valence-electron chi connectivity index (χ3n) is 9.41. The van der Waals surface area contributed by atoms with E-state index >= 15 is 0 Å². The Morgan fingerprint density at radius 3 is 2.43 bits per heavy atom. The molecule has 0 saturated carbocycles. The number of para-hydroxylation sites is 1. The maximum atomic E-state index is 14.3. The van der Waals surface area contributed by atoms with Crippen molar-refractivity contribution < 1.29 is 24.2 Å². The molecule has 4 rings (SSSR count). The molecule has 0 aromatic heterocycles. The fraction of sp³-hybridized carbons (Fsp3) is 0.690. The highest BCUT2D eigenvalue weighted by atomic mass is 16.5.